The normalized spacial score (nSPS) is 26.3. The molecule has 1 aromatic rings. The molecule has 1 saturated heterocycles. The zero-order valence-electron chi connectivity index (χ0n) is 8.83. The molecule has 1 aromatic heterocycles. The Labute approximate surface area is 104 Å². The smallest absolute Gasteiger partial charge is 0.187 e. The zero-order valence-corrected chi connectivity index (χ0v) is 11.2. The van der Waals surface area contributed by atoms with Crippen molar-refractivity contribution in [2.75, 3.05) is 11.4 Å². The Balaban J connectivity index is 2.22. The largest absolute Gasteiger partial charge is 0.345 e. The lowest BCUT2D eigenvalue weighted by Crippen LogP contribution is -2.26. The first-order valence-corrected chi connectivity index (χ1v) is 6.82. The SMILES string of the molecule is CC1CC(C)N(c2nc(Cl)c(CCl)s2)C1. The summed E-state index contributed by atoms with van der Waals surface area (Å²) in [6.45, 7) is 5.58. The summed E-state index contributed by atoms with van der Waals surface area (Å²) in [6, 6.07) is 0.561. The summed E-state index contributed by atoms with van der Waals surface area (Å²) in [6.07, 6.45) is 1.23. The van der Waals surface area contributed by atoms with Crippen molar-refractivity contribution in [3.63, 3.8) is 0 Å². The van der Waals surface area contributed by atoms with Crippen LogP contribution in [0.2, 0.25) is 5.15 Å². The maximum absolute atomic E-state index is 6.00. The Hall–Kier alpha value is 0.01000. The summed E-state index contributed by atoms with van der Waals surface area (Å²) in [5.74, 6) is 1.19. The number of alkyl halides is 1. The van der Waals surface area contributed by atoms with Crippen LogP contribution in [0.3, 0.4) is 0 Å². The van der Waals surface area contributed by atoms with Crippen molar-refractivity contribution in [2.24, 2.45) is 5.92 Å². The lowest BCUT2D eigenvalue weighted by Gasteiger charge is -2.19. The fraction of sp³-hybridized carbons (Fsp3) is 0.700. The van der Waals surface area contributed by atoms with E-state index < -0.39 is 0 Å². The van der Waals surface area contributed by atoms with Gasteiger partial charge in [0.2, 0.25) is 0 Å². The molecule has 0 radical (unpaired) electrons. The summed E-state index contributed by atoms with van der Waals surface area (Å²) in [5, 5.41) is 1.59. The fourth-order valence-corrected chi connectivity index (χ4v) is 3.68. The zero-order chi connectivity index (χ0) is 11.0. The number of hydrogen-bond acceptors (Lipinski definition) is 3. The first kappa shape index (κ1) is 11.5. The molecule has 0 bridgehead atoms. The van der Waals surface area contributed by atoms with Crippen molar-refractivity contribution >= 4 is 39.7 Å². The van der Waals surface area contributed by atoms with Crippen molar-refractivity contribution in [1.29, 1.82) is 0 Å². The molecule has 0 aliphatic carbocycles. The van der Waals surface area contributed by atoms with E-state index in [0.29, 0.717) is 17.1 Å². The Morgan fingerprint density at radius 2 is 2.27 bits per heavy atom. The van der Waals surface area contributed by atoms with E-state index in [1.165, 1.54) is 6.42 Å². The molecule has 15 heavy (non-hydrogen) atoms. The van der Waals surface area contributed by atoms with Crippen LogP contribution in [0, 0.1) is 5.92 Å². The Morgan fingerprint density at radius 1 is 1.53 bits per heavy atom. The van der Waals surface area contributed by atoms with Gasteiger partial charge in [-0.25, -0.2) is 4.98 Å². The van der Waals surface area contributed by atoms with Crippen LogP contribution in [0.4, 0.5) is 5.13 Å². The van der Waals surface area contributed by atoms with Crippen LogP contribution in [0.15, 0.2) is 0 Å². The van der Waals surface area contributed by atoms with Gasteiger partial charge in [0.15, 0.2) is 5.13 Å². The van der Waals surface area contributed by atoms with Gasteiger partial charge in [0.25, 0.3) is 0 Å². The van der Waals surface area contributed by atoms with Gasteiger partial charge in [-0.3, -0.25) is 0 Å². The molecule has 1 aliphatic heterocycles. The molecular weight excluding hydrogens is 251 g/mol. The minimum absolute atomic E-state index is 0.453. The van der Waals surface area contributed by atoms with Gasteiger partial charge in [0, 0.05) is 12.6 Å². The van der Waals surface area contributed by atoms with Gasteiger partial charge in [0.05, 0.1) is 10.8 Å². The van der Waals surface area contributed by atoms with Crippen LogP contribution < -0.4 is 4.90 Å². The standard InChI is InChI=1S/C10H14Cl2N2S/c1-6-3-7(2)14(5-6)10-13-9(12)8(4-11)15-10/h6-7H,3-5H2,1-2H3. The highest BCUT2D eigenvalue weighted by atomic mass is 35.5. The molecule has 0 N–H and O–H groups in total. The summed E-state index contributed by atoms with van der Waals surface area (Å²) in [7, 11) is 0. The summed E-state index contributed by atoms with van der Waals surface area (Å²) in [4.78, 5) is 7.68. The maximum Gasteiger partial charge on any atom is 0.187 e. The molecule has 84 valence electrons. The molecule has 2 rings (SSSR count). The van der Waals surface area contributed by atoms with Crippen LogP contribution >= 0.6 is 34.5 Å². The molecule has 1 aliphatic rings. The van der Waals surface area contributed by atoms with Crippen LogP contribution in [0.5, 0.6) is 0 Å². The van der Waals surface area contributed by atoms with Gasteiger partial charge < -0.3 is 4.90 Å². The van der Waals surface area contributed by atoms with E-state index in [2.05, 4.69) is 23.7 Å². The third-order valence-electron chi connectivity index (χ3n) is 2.79. The average molecular weight is 265 g/mol. The fourth-order valence-electron chi connectivity index (χ4n) is 2.09. The minimum atomic E-state index is 0.453. The lowest BCUT2D eigenvalue weighted by atomic mass is 10.1. The van der Waals surface area contributed by atoms with E-state index in [9.17, 15) is 0 Å². The first-order chi connectivity index (χ1) is 7.11. The molecule has 2 heterocycles. The lowest BCUT2D eigenvalue weighted by molar-refractivity contribution is 0.625. The third kappa shape index (κ3) is 2.24. The maximum atomic E-state index is 6.00. The van der Waals surface area contributed by atoms with Gasteiger partial charge in [-0.15, -0.1) is 11.6 Å². The topological polar surface area (TPSA) is 16.1 Å². The monoisotopic (exact) mass is 264 g/mol. The number of nitrogens with zero attached hydrogens (tertiary/aromatic N) is 2. The minimum Gasteiger partial charge on any atom is -0.345 e. The number of aromatic nitrogens is 1. The number of halogens is 2. The second kappa shape index (κ2) is 4.48. The molecule has 0 aromatic carbocycles. The highest BCUT2D eigenvalue weighted by molar-refractivity contribution is 7.16. The van der Waals surface area contributed by atoms with E-state index >= 15 is 0 Å². The highest BCUT2D eigenvalue weighted by Gasteiger charge is 2.28. The quantitative estimate of drug-likeness (QED) is 0.757. The van der Waals surface area contributed by atoms with Gasteiger partial charge in [-0.05, 0) is 19.3 Å². The average Bonchev–Trinajstić information content (AvgIpc) is 2.69. The van der Waals surface area contributed by atoms with E-state index in [4.69, 9.17) is 23.2 Å². The van der Waals surface area contributed by atoms with Gasteiger partial charge in [0.1, 0.15) is 5.15 Å². The summed E-state index contributed by atoms with van der Waals surface area (Å²) >= 11 is 13.4. The van der Waals surface area contributed by atoms with Gasteiger partial charge in [-0.2, -0.15) is 0 Å². The molecular formula is C10H14Cl2N2S. The number of rotatable bonds is 2. The molecule has 5 heteroatoms. The molecule has 2 nitrogen and oxygen atoms in total. The van der Waals surface area contributed by atoms with E-state index in [0.717, 1.165) is 22.5 Å². The number of anilines is 1. The van der Waals surface area contributed by atoms with Crippen LogP contribution in [-0.4, -0.2) is 17.6 Å². The van der Waals surface area contributed by atoms with Gasteiger partial charge in [-0.1, -0.05) is 29.9 Å². The molecule has 0 spiro atoms. The molecule has 0 saturated carbocycles. The van der Waals surface area contributed by atoms with E-state index in [1.807, 2.05) is 0 Å². The highest BCUT2D eigenvalue weighted by Crippen LogP contribution is 2.35. The Kier molecular flexibility index (Phi) is 3.43. The predicted molar refractivity (Wildman–Crippen MR) is 67.3 cm³/mol. The second-order valence-corrected chi connectivity index (χ2v) is 5.87. The number of thiazole rings is 1. The van der Waals surface area contributed by atoms with Crippen molar-refractivity contribution in [3.05, 3.63) is 10.0 Å². The molecule has 2 unspecified atom stereocenters. The van der Waals surface area contributed by atoms with Crippen molar-refractivity contribution in [3.8, 4) is 0 Å². The third-order valence-corrected chi connectivity index (χ3v) is 4.73. The van der Waals surface area contributed by atoms with Crippen LogP contribution in [0.25, 0.3) is 0 Å². The number of hydrogen-bond donors (Lipinski definition) is 0. The molecule has 2 atom stereocenters. The molecule has 1 fully saturated rings. The Bertz CT molecular complexity index is 353. The van der Waals surface area contributed by atoms with E-state index in [-0.39, 0.29) is 0 Å². The summed E-state index contributed by atoms with van der Waals surface area (Å²) < 4.78 is 0. The van der Waals surface area contributed by atoms with Crippen molar-refractivity contribution in [2.45, 2.75) is 32.2 Å². The van der Waals surface area contributed by atoms with Gasteiger partial charge >= 0.3 is 0 Å². The first-order valence-electron chi connectivity index (χ1n) is 5.09. The Morgan fingerprint density at radius 3 is 2.73 bits per heavy atom. The van der Waals surface area contributed by atoms with Crippen molar-refractivity contribution < 1.29 is 0 Å². The van der Waals surface area contributed by atoms with Crippen LogP contribution in [-0.2, 0) is 5.88 Å². The molecule has 0 amide bonds. The van der Waals surface area contributed by atoms with Crippen molar-refractivity contribution in [1.82, 2.24) is 4.98 Å². The predicted octanol–water partition coefficient (Wildman–Crippen LogP) is 3.77. The van der Waals surface area contributed by atoms with Crippen LogP contribution in [0.1, 0.15) is 25.1 Å². The second-order valence-electron chi connectivity index (χ2n) is 4.19. The summed E-state index contributed by atoms with van der Waals surface area (Å²) in [5.41, 5.74) is 0. The van der Waals surface area contributed by atoms with E-state index in [1.54, 1.807) is 11.3 Å².